The number of anilines is 1. The van der Waals surface area contributed by atoms with Gasteiger partial charge in [-0.3, -0.25) is 14.8 Å². The topological polar surface area (TPSA) is 54.9 Å². The van der Waals surface area contributed by atoms with Crippen molar-refractivity contribution in [3.05, 3.63) is 52.0 Å². The minimum atomic E-state index is -0.0253. The summed E-state index contributed by atoms with van der Waals surface area (Å²) in [6.45, 7) is 0. The molecule has 1 aliphatic rings. The van der Waals surface area contributed by atoms with Gasteiger partial charge in [0, 0.05) is 28.3 Å². The molecule has 0 saturated heterocycles. The van der Waals surface area contributed by atoms with Gasteiger partial charge in [-0.05, 0) is 49.4 Å². The van der Waals surface area contributed by atoms with E-state index in [1.165, 1.54) is 23.3 Å². The summed E-state index contributed by atoms with van der Waals surface area (Å²) in [7, 11) is 0. The van der Waals surface area contributed by atoms with Gasteiger partial charge in [-0.1, -0.05) is 0 Å². The molecule has 2 heterocycles. The van der Waals surface area contributed by atoms with Gasteiger partial charge in [-0.15, -0.1) is 11.3 Å². The first-order chi connectivity index (χ1) is 10.8. The second kappa shape index (κ2) is 5.50. The van der Waals surface area contributed by atoms with Crippen LogP contribution < -0.4 is 5.32 Å². The van der Waals surface area contributed by atoms with Crippen LogP contribution in [0.2, 0.25) is 0 Å². The van der Waals surface area contributed by atoms with Crippen molar-refractivity contribution in [3.8, 4) is 0 Å². The van der Waals surface area contributed by atoms with Crippen LogP contribution >= 0.6 is 11.3 Å². The van der Waals surface area contributed by atoms with Crippen LogP contribution in [0.1, 0.15) is 33.6 Å². The zero-order chi connectivity index (χ0) is 14.9. The van der Waals surface area contributed by atoms with Gasteiger partial charge in [0.15, 0.2) is 0 Å². The fraction of sp³-hybridized carbons (Fsp3) is 0.235. The Balaban J connectivity index is 1.62. The molecule has 1 aliphatic carbocycles. The molecular formula is C17H15N3OS. The molecule has 0 saturated carbocycles. The number of nitrogens with zero attached hydrogens (tertiary/aromatic N) is 2. The number of aromatic nitrogens is 2. The largest absolute Gasteiger partial charge is 0.322 e. The summed E-state index contributed by atoms with van der Waals surface area (Å²) >= 11 is 1.71. The second-order valence-corrected chi connectivity index (χ2v) is 6.44. The molecule has 22 heavy (non-hydrogen) atoms. The predicted molar refractivity (Wildman–Crippen MR) is 88.5 cm³/mol. The monoisotopic (exact) mass is 309 g/mol. The van der Waals surface area contributed by atoms with E-state index in [4.69, 9.17) is 0 Å². The van der Waals surface area contributed by atoms with Gasteiger partial charge >= 0.3 is 0 Å². The molecule has 1 amide bonds. The molecule has 0 atom stereocenters. The van der Waals surface area contributed by atoms with Gasteiger partial charge < -0.3 is 5.32 Å². The maximum absolute atomic E-state index is 12.5. The Hall–Kier alpha value is -2.27. The number of hydrogen-bond acceptors (Lipinski definition) is 4. The molecule has 0 bridgehead atoms. The highest BCUT2D eigenvalue weighted by molar-refractivity contribution is 7.10. The molecule has 0 unspecified atom stereocenters. The van der Waals surface area contributed by atoms with Crippen LogP contribution in [0.25, 0.3) is 11.0 Å². The van der Waals surface area contributed by atoms with Crippen LogP contribution in [0, 0.1) is 0 Å². The molecule has 0 aliphatic heterocycles. The number of aryl methyl sites for hydroxylation is 1. The average molecular weight is 309 g/mol. The van der Waals surface area contributed by atoms with E-state index in [1.54, 1.807) is 23.7 Å². The van der Waals surface area contributed by atoms with Gasteiger partial charge in [0.1, 0.15) is 0 Å². The second-order valence-electron chi connectivity index (χ2n) is 5.47. The number of benzene rings is 1. The lowest BCUT2D eigenvalue weighted by Gasteiger charge is -2.12. The molecule has 0 radical (unpaired) electrons. The Labute approximate surface area is 132 Å². The minimum absolute atomic E-state index is 0.0253. The number of rotatable bonds is 2. The van der Waals surface area contributed by atoms with E-state index in [0.29, 0.717) is 0 Å². The van der Waals surface area contributed by atoms with Crippen molar-refractivity contribution in [2.24, 2.45) is 0 Å². The maximum Gasteiger partial charge on any atom is 0.256 e. The Kier molecular flexibility index (Phi) is 3.35. The third-order valence-corrected chi connectivity index (χ3v) is 5.12. The Morgan fingerprint density at radius 3 is 2.82 bits per heavy atom. The summed E-state index contributed by atoms with van der Waals surface area (Å²) in [4.78, 5) is 22.4. The molecule has 2 aromatic heterocycles. The number of fused-ring (bicyclic) bond motifs is 2. The lowest BCUT2D eigenvalue weighted by Crippen LogP contribution is -2.14. The van der Waals surface area contributed by atoms with Gasteiger partial charge in [-0.25, -0.2) is 0 Å². The van der Waals surface area contributed by atoms with Gasteiger partial charge in [0.05, 0.1) is 16.6 Å². The van der Waals surface area contributed by atoms with Crippen LogP contribution in [0.4, 0.5) is 5.69 Å². The normalized spacial score (nSPS) is 13.8. The highest BCUT2D eigenvalue weighted by Gasteiger charge is 2.20. The molecule has 0 fully saturated rings. The average Bonchev–Trinajstić information content (AvgIpc) is 2.99. The van der Waals surface area contributed by atoms with E-state index in [0.717, 1.165) is 35.1 Å². The summed E-state index contributed by atoms with van der Waals surface area (Å²) in [5.74, 6) is -0.0253. The number of hydrogen-bond donors (Lipinski definition) is 1. The van der Waals surface area contributed by atoms with Crippen LogP contribution in [0.5, 0.6) is 0 Å². The number of nitrogens with one attached hydrogen (secondary N) is 1. The molecule has 3 aromatic rings. The van der Waals surface area contributed by atoms with Gasteiger partial charge in [0.25, 0.3) is 5.91 Å². The summed E-state index contributed by atoms with van der Waals surface area (Å²) in [5, 5.41) is 4.98. The van der Waals surface area contributed by atoms with Crippen molar-refractivity contribution in [2.75, 3.05) is 5.32 Å². The SMILES string of the molecule is O=C(Nc1ccc2nccnc2c1)c1csc2c1CCCC2. The first-order valence-electron chi connectivity index (χ1n) is 7.42. The lowest BCUT2D eigenvalue weighted by molar-refractivity contribution is 0.102. The van der Waals surface area contributed by atoms with E-state index < -0.39 is 0 Å². The highest BCUT2D eigenvalue weighted by Crippen LogP contribution is 2.30. The summed E-state index contributed by atoms with van der Waals surface area (Å²) < 4.78 is 0. The molecule has 110 valence electrons. The first-order valence-corrected chi connectivity index (χ1v) is 8.30. The smallest absolute Gasteiger partial charge is 0.256 e. The lowest BCUT2D eigenvalue weighted by atomic mass is 9.95. The van der Waals surface area contributed by atoms with Crippen molar-refractivity contribution >= 4 is 34.0 Å². The third kappa shape index (κ3) is 2.37. The van der Waals surface area contributed by atoms with Crippen LogP contribution in [-0.4, -0.2) is 15.9 Å². The van der Waals surface area contributed by atoms with E-state index in [1.807, 2.05) is 23.6 Å². The summed E-state index contributed by atoms with van der Waals surface area (Å²) in [5.41, 5.74) is 4.45. The Morgan fingerprint density at radius 1 is 1.09 bits per heavy atom. The zero-order valence-electron chi connectivity index (χ0n) is 12.0. The number of carbonyl (C=O) groups is 1. The minimum Gasteiger partial charge on any atom is -0.322 e. The fourth-order valence-corrected chi connectivity index (χ4v) is 4.05. The fourth-order valence-electron chi connectivity index (χ4n) is 2.92. The van der Waals surface area contributed by atoms with Crippen molar-refractivity contribution in [2.45, 2.75) is 25.7 Å². The van der Waals surface area contributed by atoms with E-state index >= 15 is 0 Å². The van der Waals surface area contributed by atoms with Crippen molar-refractivity contribution in [3.63, 3.8) is 0 Å². The Bertz CT molecular complexity index is 856. The summed E-state index contributed by atoms with van der Waals surface area (Å²) in [6.07, 6.45) is 7.86. The number of carbonyl (C=O) groups excluding carboxylic acids is 1. The quantitative estimate of drug-likeness (QED) is 0.783. The maximum atomic E-state index is 12.5. The summed E-state index contributed by atoms with van der Waals surface area (Å²) in [6, 6.07) is 5.60. The van der Waals surface area contributed by atoms with Gasteiger partial charge in [-0.2, -0.15) is 0 Å². The van der Waals surface area contributed by atoms with Crippen molar-refractivity contribution < 1.29 is 4.79 Å². The molecule has 1 N–H and O–H groups in total. The van der Waals surface area contributed by atoms with Gasteiger partial charge in [0.2, 0.25) is 0 Å². The number of amides is 1. The molecular weight excluding hydrogens is 294 g/mol. The molecule has 1 aromatic carbocycles. The molecule has 0 spiro atoms. The third-order valence-electron chi connectivity index (χ3n) is 4.03. The van der Waals surface area contributed by atoms with Crippen LogP contribution in [0.15, 0.2) is 36.0 Å². The van der Waals surface area contributed by atoms with E-state index in [2.05, 4.69) is 15.3 Å². The molecule has 4 rings (SSSR count). The van der Waals surface area contributed by atoms with Crippen LogP contribution in [-0.2, 0) is 12.8 Å². The van der Waals surface area contributed by atoms with E-state index in [9.17, 15) is 4.79 Å². The Morgan fingerprint density at radius 2 is 1.91 bits per heavy atom. The van der Waals surface area contributed by atoms with Crippen LogP contribution in [0.3, 0.4) is 0 Å². The standard InChI is InChI=1S/C17H15N3OS/c21-17(13-10-22-16-4-2-1-3-12(13)16)20-11-5-6-14-15(9-11)19-8-7-18-14/h5-10H,1-4H2,(H,20,21). The zero-order valence-corrected chi connectivity index (χ0v) is 12.8. The van der Waals surface area contributed by atoms with E-state index in [-0.39, 0.29) is 5.91 Å². The number of thiophene rings is 1. The molecule has 5 heteroatoms. The first kappa shape index (κ1) is 13.4. The molecule has 4 nitrogen and oxygen atoms in total. The highest BCUT2D eigenvalue weighted by atomic mass is 32.1. The van der Waals surface area contributed by atoms with Crippen molar-refractivity contribution in [1.82, 2.24) is 9.97 Å². The van der Waals surface area contributed by atoms with Crippen molar-refractivity contribution in [1.29, 1.82) is 0 Å². The predicted octanol–water partition coefficient (Wildman–Crippen LogP) is 3.82.